The Morgan fingerprint density at radius 1 is 1.47 bits per heavy atom. The standard InChI is InChI=1S/C12H17FO2/c1-4-10-11(13)6-9(5-8(2)14)7-12(10)15-3/h6-8,14H,4-5H2,1-3H3. The maximum Gasteiger partial charge on any atom is 0.130 e. The molecule has 0 aliphatic rings. The van der Waals surface area contributed by atoms with Crippen molar-refractivity contribution in [3.63, 3.8) is 0 Å². The third kappa shape index (κ3) is 2.93. The van der Waals surface area contributed by atoms with Crippen LogP contribution in [0, 0.1) is 5.82 Å². The fourth-order valence-electron chi connectivity index (χ4n) is 1.65. The highest BCUT2D eigenvalue weighted by atomic mass is 19.1. The molecule has 0 spiro atoms. The minimum atomic E-state index is -0.471. The molecule has 0 radical (unpaired) electrons. The average molecular weight is 212 g/mol. The van der Waals surface area contributed by atoms with Gasteiger partial charge in [0.05, 0.1) is 13.2 Å². The van der Waals surface area contributed by atoms with E-state index >= 15 is 0 Å². The molecule has 2 nitrogen and oxygen atoms in total. The minimum absolute atomic E-state index is 0.257. The van der Waals surface area contributed by atoms with Crippen LogP contribution >= 0.6 is 0 Å². The lowest BCUT2D eigenvalue weighted by atomic mass is 10.0. The second kappa shape index (κ2) is 5.12. The molecule has 1 aromatic rings. The first kappa shape index (κ1) is 12.0. The molecule has 0 bridgehead atoms. The Balaban J connectivity index is 3.08. The molecule has 84 valence electrons. The van der Waals surface area contributed by atoms with Gasteiger partial charge in [-0.05, 0) is 37.5 Å². The van der Waals surface area contributed by atoms with Gasteiger partial charge in [0.2, 0.25) is 0 Å². The largest absolute Gasteiger partial charge is 0.496 e. The van der Waals surface area contributed by atoms with E-state index in [1.165, 1.54) is 13.2 Å². The van der Waals surface area contributed by atoms with Gasteiger partial charge in [-0.1, -0.05) is 6.92 Å². The molecule has 1 N–H and O–H groups in total. The van der Waals surface area contributed by atoms with E-state index in [1.807, 2.05) is 6.92 Å². The van der Waals surface area contributed by atoms with Gasteiger partial charge in [0.25, 0.3) is 0 Å². The average Bonchev–Trinajstić information content (AvgIpc) is 2.15. The summed E-state index contributed by atoms with van der Waals surface area (Å²) < 4.78 is 18.7. The summed E-state index contributed by atoms with van der Waals surface area (Å²) in [7, 11) is 1.53. The predicted molar refractivity (Wildman–Crippen MR) is 57.7 cm³/mol. The van der Waals surface area contributed by atoms with Crippen molar-refractivity contribution in [2.24, 2.45) is 0 Å². The van der Waals surface area contributed by atoms with Crippen molar-refractivity contribution in [3.8, 4) is 5.75 Å². The second-order valence-corrected chi connectivity index (χ2v) is 3.67. The lowest BCUT2D eigenvalue weighted by molar-refractivity contribution is 0.195. The quantitative estimate of drug-likeness (QED) is 0.830. The van der Waals surface area contributed by atoms with Gasteiger partial charge in [-0.2, -0.15) is 0 Å². The Hall–Kier alpha value is -1.09. The zero-order valence-corrected chi connectivity index (χ0v) is 9.38. The van der Waals surface area contributed by atoms with Crippen molar-refractivity contribution >= 4 is 0 Å². The summed E-state index contributed by atoms with van der Waals surface area (Å²) in [6.07, 6.45) is 0.572. The zero-order valence-electron chi connectivity index (χ0n) is 9.38. The first-order valence-electron chi connectivity index (χ1n) is 5.11. The summed E-state index contributed by atoms with van der Waals surface area (Å²) in [6.45, 7) is 3.56. The van der Waals surface area contributed by atoms with Crippen molar-refractivity contribution < 1.29 is 14.2 Å². The Bertz CT molecular complexity index is 335. The molecule has 0 fully saturated rings. The molecule has 1 aromatic carbocycles. The Morgan fingerprint density at radius 2 is 2.13 bits per heavy atom. The summed E-state index contributed by atoms with van der Waals surface area (Å²) in [5.74, 6) is 0.306. The number of ether oxygens (including phenoxy) is 1. The topological polar surface area (TPSA) is 29.5 Å². The van der Waals surface area contributed by atoms with E-state index in [-0.39, 0.29) is 5.82 Å². The zero-order chi connectivity index (χ0) is 11.4. The van der Waals surface area contributed by atoms with Gasteiger partial charge in [0.1, 0.15) is 11.6 Å². The monoisotopic (exact) mass is 212 g/mol. The summed E-state index contributed by atoms with van der Waals surface area (Å²) in [6, 6.07) is 3.25. The fraction of sp³-hybridized carbons (Fsp3) is 0.500. The summed E-state index contributed by atoms with van der Waals surface area (Å²) in [5.41, 5.74) is 1.35. The first-order valence-corrected chi connectivity index (χ1v) is 5.11. The number of methoxy groups -OCH3 is 1. The molecule has 1 rings (SSSR count). The second-order valence-electron chi connectivity index (χ2n) is 3.67. The van der Waals surface area contributed by atoms with Gasteiger partial charge in [0.15, 0.2) is 0 Å². The van der Waals surface area contributed by atoms with E-state index in [2.05, 4.69) is 0 Å². The van der Waals surface area contributed by atoms with Gasteiger partial charge < -0.3 is 9.84 Å². The van der Waals surface area contributed by atoms with E-state index in [0.29, 0.717) is 24.2 Å². The van der Waals surface area contributed by atoms with Gasteiger partial charge in [0, 0.05) is 5.56 Å². The van der Waals surface area contributed by atoms with Crippen LogP contribution in [-0.4, -0.2) is 18.3 Å². The SMILES string of the molecule is CCc1c(F)cc(CC(C)O)cc1OC. The molecule has 0 aromatic heterocycles. The number of halogens is 1. The highest BCUT2D eigenvalue weighted by Crippen LogP contribution is 2.24. The number of hydrogen-bond donors (Lipinski definition) is 1. The van der Waals surface area contributed by atoms with Crippen LogP contribution in [0.1, 0.15) is 25.0 Å². The van der Waals surface area contributed by atoms with E-state index < -0.39 is 6.10 Å². The molecule has 0 aliphatic carbocycles. The van der Waals surface area contributed by atoms with Gasteiger partial charge in [-0.15, -0.1) is 0 Å². The maximum atomic E-state index is 13.6. The summed E-state index contributed by atoms with van der Waals surface area (Å²) in [4.78, 5) is 0. The lowest BCUT2D eigenvalue weighted by Crippen LogP contribution is -2.06. The number of benzene rings is 1. The van der Waals surface area contributed by atoms with Gasteiger partial charge in [-0.25, -0.2) is 4.39 Å². The minimum Gasteiger partial charge on any atom is -0.496 e. The summed E-state index contributed by atoms with van der Waals surface area (Å²) >= 11 is 0. The molecule has 1 atom stereocenters. The summed E-state index contributed by atoms with van der Waals surface area (Å²) in [5, 5.41) is 9.22. The third-order valence-corrected chi connectivity index (χ3v) is 2.32. The van der Waals surface area contributed by atoms with Crippen LogP contribution in [0.4, 0.5) is 4.39 Å². The maximum absolute atomic E-state index is 13.6. The van der Waals surface area contributed by atoms with Crippen LogP contribution in [0.15, 0.2) is 12.1 Å². The van der Waals surface area contributed by atoms with Crippen molar-refractivity contribution in [2.75, 3.05) is 7.11 Å². The number of aliphatic hydroxyl groups is 1. The van der Waals surface area contributed by atoms with E-state index in [4.69, 9.17) is 4.74 Å². The van der Waals surface area contributed by atoms with E-state index in [0.717, 1.165) is 5.56 Å². The number of hydrogen-bond acceptors (Lipinski definition) is 2. The van der Waals surface area contributed by atoms with E-state index in [9.17, 15) is 9.50 Å². The molecule has 3 heteroatoms. The highest BCUT2D eigenvalue weighted by molar-refractivity contribution is 5.39. The Labute approximate surface area is 89.7 Å². The first-order chi connectivity index (χ1) is 7.08. The highest BCUT2D eigenvalue weighted by Gasteiger charge is 2.10. The van der Waals surface area contributed by atoms with Gasteiger partial charge in [-0.3, -0.25) is 0 Å². The molecule has 0 heterocycles. The molecule has 0 saturated heterocycles. The van der Waals surface area contributed by atoms with Crippen molar-refractivity contribution in [2.45, 2.75) is 32.8 Å². The smallest absolute Gasteiger partial charge is 0.130 e. The molecule has 0 aliphatic heterocycles. The molecular formula is C12H17FO2. The van der Waals surface area contributed by atoms with Crippen LogP contribution in [-0.2, 0) is 12.8 Å². The van der Waals surface area contributed by atoms with Crippen molar-refractivity contribution in [3.05, 3.63) is 29.1 Å². The Kier molecular flexibility index (Phi) is 4.09. The van der Waals surface area contributed by atoms with Crippen LogP contribution in [0.25, 0.3) is 0 Å². The molecule has 0 amide bonds. The van der Waals surface area contributed by atoms with Crippen LogP contribution in [0.3, 0.4) is 0 Å². The van der Waals surface area contributed by atoms with Crippen LogP contribution < -0.4 is 4.74 Å². The van der Waals surface area contributed by atoms with Crippen molar-refractivity contribution in [1.29, 1.82) is 0 Å². The van der Waals surface area contributed by atoms with E-state index in [1.54, 1.807) is 13.0 Å². The van der Waals surface area contributed by atoms with Crippen LogP contribution in [0.2, 0.25) is 0 Å². The molecule has 1 unspecified atom stereocenters. The molecular weight excluding hydrogens is 195 g/mol. The number of aliphatic hydroxyl groups excluding tert-OH is 1. The predicted octanol–water partition coefficient (Wildman–Crippen LogP) is 2.32. The van der Waals surface area contributed by atoms with Crippen LogP contribution in [0.5, 0.6) is 5.75 Å². The normalized spacial score (nSPS) is 12.6. The Morgan fingerprint density at radius 3 is 2.60 bits per heavy atom. The lowest BCUT2D eigenvalue weighted by Gasteiger charge is -2.11. The molecule has 0 saturated carbocycles. The third-order valence-electron chi connectivity index (χ3n) is 2.32. The van der Waals surface area contributed by atoms with Gasteiger partial charge >= 0.3 is 0 Å². The van der Waals surface area contributed by atoms with Crippen molar-refractivity contribution in [1.82, 2.24) is 0 Å². The fourth-order valence-corrected chi connectivity index (χ4v) is 1.65. The number of rotatable bonds is 4. The molecule has 15 heavy (non-hydrogen) atoms.